The number of hydrogen-bond donors (Lipinski definition) is 1. The SMILES string of the molecule is COC(=O)C1CCC(Nc2nc(Cl)cs2)CC1. The molecule has 0 bridgehead atoms. The predicted molar refractivity (Wildman–Crippen MR) is 68.5 cm³/mol. The van der Waals surface area contributed by atoms with Gasteiger partial charge in [-0.2, -0.15) is 0 Å². The number of anilines is 1. The summed E-state index contributed by atoms with van der Waals surface area (Å²) in [6.07, 6.45) is 3.70. The molecule has 1 aromatic heterocycles. The Kier molecular flexibility index (Phi) is 4.23. The van der Waals surface area contributed by atoms with Crippen LogP contribution < -0.4 is 5.32 Å². The molecule has 0 spiro atoms. The maximum absolute atomic E-state index is 11.4. The zero-order chi connectivity index (χ0) is 12.3. The number of hydrogen-bond acceptors (Lipinski definition) is 5. The van der Waals surface area contributed by atoms with Crippen LogP contribution in [0.1, 0.15) is 25.7 Å². The van der Waals surface area contributed by atoms with Crippen molar-refractivity contribution in [2.45, 2.75) is 31.7 Å². The number of nitrogens with zero attached hydrogens (tertiary/aromatic N) is 1. The lowest BCUT2D eigenvalue weighted by Gasteiger charge is -2.27. The molecule has 1 heterocycles. The molecule has 94 valence electrons. The third kappa shape index (κ3) is 3.33. The van der Waals surface area contributed by atoms with Gasteiger partial charge in [0.25, 0.3) is 0 Å². The maximum Gasteiger partial charge on any atom is 0.308 e. The Morgan fingerprint density at radius 3 is 2.76 bits per heavy atom. The van der Waals surface area contributed by atoms with E-state index in [9.17, 15) is 4.79 Å². The highest BCUT2D eigenvalue weighted by molar-refractivity contribution is 7.14. The number of rotatable bonds is 3. The van der Waals surface area contributed by atoms with E-state index in [1.807, 2.05) is 5.38 Å². The van der Waals surface area contributed by atoms with Gasteiger partial charge in [0.2, 0.25) is 0 Å². The standard InChI is InChI=1S/C11H15ClN2O2S/c1-16-10(15)7-2-4-8(5-3-7)13-11-14-9(12)6-17-11/h6-8H,2-5H2,1H3,(H,13,14). The molecule has 0 amide bonds. The molecule has 0 atom stereocenters. The molecule has 17 heavy (non-hydrogen) atoms. The first-order valence-electron chi connectivity index (χ1n) is 5.64. The molecule has 0 radical (unpaired) electrons. The summed E-state index contributed by atoms with van der Waals surface area (Å²) in [6.45, 7) is 0. The molecule has 2 rings (SSSR count). The van der Waals surface area contributed by atoms with E-state index in [2.05, 4.69) is 10.3 Å². The first-order chi connectivity index (χ1) is 8.19. The summed E-state index contributed by atoms with van der Waals surface area (Å²) in [7, 11) is 1.45. The summed E-state index contributed by atoms with van der Waals surface area (Å²) in [5.74, 6) is -0.0151. The van der Waals surface area contributed by atoms with Gasteiger partial charge in [-0.15, -0.1) is 11.3 Å². The Morgan fingerprint density at radius 1 is 1.53 bits per heavy atom. The molecule has 0 aliphatic heterocycles. The fourth-order valence-corrected chi connectivity index (χ4v) is 3.05. The second-order valence-electron chi connectivity index (χ2n) is 4.19. The van der Waals surface area contributed by atoms with E-state index in [4.69, 9.17) is 16.3 Å². The van der Waals surface area contributed by atoms with Crippen LogP contribution in [0.2, 0.25) is 5.15 Å². The minimum absolute atomic E-state index is 0.0675. The zero-order valence-electron chi connectivity index (χ0n) is 9.61. The molecule has 1 N–H and O–H groups in total. The van der Waals surface area contributed by atoms with E-state index in [1.54, 1.807) is 0 Å². The van der Waals surface area contributed by atoms with Crippen LogP contribution in [0.3, 0.4) is 0 Å². The van der Waals surface area contributed by atoms with Crippen LogP contribution >= 0.6 is 22.9 Å². The van der Waals surface area contributed by atoms with Gasteiger partial charge in [0.1, 0.15) is 5.15 Å². The summed E-state index contributed by atoms with van der Waals surface area (Å²) in [4.78, 5) is 15.5. The molecule has 1 aliphatic rings. The molecule has 0 saturated heterocycles. The lowest BCUT2D eigenvalue weighted by molar-refractivity contribution is -0.146. The summed E-state index contributed by atoms with van der Waals surface area (Å²) in [5, 5.41) is 6.55. The Labute approximate surface area is 109 Å². The Balaban J connectivity index is 1.81. The Hall–Kier alpha value is -0.810. The molecule has 6 heteroatoms. The number of carbonyl (C=O) groups is 1. The number of esters is 1. The van der Waals surface area contributed by atoms with Crippen molar-refractivity contribution < 1.29 is 9.53 Å². The van der Waals surface area contributed by atoms with Crippen molar-refractivity contribution in [3.8, 4) is 0 Å². The lowest BCUT2D eigenvalue weighted by atomic mass is 9.86. The molecule has 1 fully saturated rings. The van der Waals surface area contributed by atoms with E-state index >= 15 is 0 Å². The minimum atomic E-state index is -0.0826. The van der Waals surface area contributed by atoms with Crippen LogP contribution in [0, 0.1) is 5.92 Å². The molecule has 0 aromatic carbocycles. The number of halogens is 1. The van der Waals surface area contributed by atoms with Crippen molar-refractivity contribution in [1.82, 2.24) is 4.98 Å². The summed E-state index contributed by atoms with van der Waals surface area (Å²) < 4.78 is 4.76. The van der Waals surface area contributed by atoms with E-state index in [0.29, 0.717) is 11.2 Å². The summed E-state index contributed by atoms with van der Waals surface area (Å²) >= 11 is 7.27. The molecule has 1 saturated carbocycles. The highest BCUT2D eigenvalue weighted by Crippen LogP contribution is 2.28. The van der Waals surface area contributed by atoms with Crippen molar-refractivity contribution in [2.24, 2.45) is 5.92 Å². The highest BCUT2D eigenvalue weighted by atomic mass is 35.5. The van der Waals surface area contributed by atoms with Crippen molar-refractivity contribution in [3.05, 3.63) is 10.5 Å². The van der Waals surface area contributed by atoms with Gasteiger partial charge in [-0.1, -0.05) is 11.6 Å². The van der Waals surface area contributed by atoms with E-state index < -0.39 is 0 Å². The smallest absolute Gasteiger partial charge is 0.308 e. The van der Waals surface area contributed by atoms with Crippen LogP contribution in [0.25, 0.3) is 0 Å². The number of thiazole rings is 1. The van der Waals surface area contributed by atoms with E-state index in [-0.39, 0.29) is 11.9 Å². The Bertz CT molecular complexity index is 389. The fraction of sp³-hybridized carbons (Fsp3) is 0.636. The van der Waals surface area contributed by atoms with Crippen molar-refractivity contribution in [3.63, 3.8) is 0 Å². The van der Waals surface area contributed by atoms with Crippen LogP contribution in [0.5, 0.6) is 0 Å². The number of methoxy groups -OCH3 is 1. The van der Waals surface area contributed by atoms with Gasteiger partial charge < -0.3 is 10.1 Å². The fourth-order valence-electron chi connectivity index (χ4n) is 2.14. The van der Waals surface area contributed by atoms with Crippen molar-refractivity contribution >= 4 is 34.0 Å². The first-order valence-corrected chi connectivity index (χ1v) is 6.90. The average Bonchev–Trinajstić information content (AvgIpc) is 2.75. The van der Waals surface area contributed by atoms with Gasteiger partial charge >= 0.3 is 5.97 Å². The molecule has 1 aromatic rings. The summed E-state index contributed by atoms with van der Waals surface area (Å²) in [5.41, 5.74) is 0. The second-order valence-corrected chi connectivity index (χ2v) is 5.44. The second kappa shape index (κ2) is 5.69. The summed E-state index contributed by atoms with van der Waals surface area (Å²) in [6, 6.07) is 0.387. The molecular weight excluding hydrogens is 260 g/mol. The number of ether oxygens (including phenoxy) is 1. The molecular formula is C11H15ClN2O2S. The van der Waals surface area contributed by atoms with Crippen LogP contribution in [0.4, 0.5) is 5.13 Å². The van der Waals surface area contributed by atoms with Gasteiger partial charge in [-0.3, -0.25) is 4.79 Å². The van der Waals surface area contributed by atoms with Gasteiger partial charge in [0, 0.05) is 11.4 Å². The van der Waals surface area contributed by atoms with E-state index in [0.717, 1.165) is 30.8 Å². The molecule has 4 nitrogen and oxygen atoms in total. The zero-order valence-corrected chi connectivity index (χ0v) is 11.2. The maximum atomic E-state index is 11.4. The topological polar surface area (TPSA) is 51.2 Å². The third-order valence-corrected chi connectivity index (χ3v) is 4.16. The minimum Gasteiger partial charge on any atom is -0.469 e. The van der Waals surface area contributed by atoms with Crippen molar-refractivity contribution in [2.75, 3.05) is 12.4 Å². The van der Waals surface area contributed by atoms with Gasteiger partial charge in [-0.25, -0.2) is 4.98 Å². The number of aromatic nitrogens is 1. The van der Waals surface area contributed by atoms with Gasteiger partial charge in [0.05, 0.1) is 13.0 Å². The molecule has 0 unspecified atom stereocenters. The van der Waals surface area contributed by atoms with Crippen molar-refractivity contribution in [1.29, 1.82) is 0 Å². The normalized spacial score (nSPS) is 24.4. The third-order valence-electron chi connectivity index (χ3n) is 3.07. The van der Waals surface area contributed by atoms with Crippen LogP contribution in [-0.2, 0) is 9.53 Å². The molecule has 1 aliphatic carbocycles. The number of carbonyl (C=O) groups excluding carboxylic acids is 1. The number of nitrogens with one attached hydrogen (secondary N) is 1. The van der Waals surface area contributed by atoms with Gasteiger partial charge in [0.15, 0.2) is 5.13 Å². The predicted octanol–water partition coefficient (Wildman–Crippen LogP) is 2.94. The van der Waals surface area contributed by atoms with Gasteiger partial charge in [-0.05, 0) is 25.7 Å². The van der Waals surface area contributed by atoms with E-state index in [1.165, 1.54) is 18.4 Å². The monoisotopic (exact) mass is 274 g/mol. The van der Waals surface area contributed by atoms with Crippen LogP contribution in [-0.4, -0.2) is 24.1 Å². The highest BCUT2D eigenvalue weighted by Gasteiger charge is 2.27. The lowest BCUT2D eigenvalue weighted by Crippen LogP contribution is -2.29. The largest absolute Gasteiger partial charge is 0.469 e. The first kappa shape index (κ1) is 12.6. The average molecular weight is 275 g/mol. The van der Waals surface area contributed by atoms with Crippen LogP contribution in [0.15, 0.2) is 5.38 Å². The quantitative estimate of drug-likeness (QED) is 0.861. The Morgan fingerprint density at radius 2 is 2.24 bits per heavy atom.